The van der Waals surface area contributed by atoms with Crippen molar-refractivity contribution < 1.29 is 33.3 Å². The zero-order chi connectivity index (χ0) is 24.5. The molecule has 186 valence electrons. The minimum atomic E-state index is -0.622. The van der Waals surface area contributed by atoms with Crippen molar-refractivity contribution in [3.8, 4) is 5.75 Å². The molecule has 1 fully saturated rings. The Balaban J connectivity index is 1.08. The molecule has 2 aromatic rings. The highest BCUT2D eigenvalue weighted by atomic mass is 16.6. The average Bonchev–Trinajstić information content (AvgIpc) is 3.18. The maximum Gasteiger partial charge on any atom is 0.255 e. The third-order valence-corrected chi connectivity index (χ3v) is 5.85. The van der Waals surface area contributed by atoms with E-state index in [2.05, 4.69) is 5.32 Å². The molecule has 4 rings (SSSR count). The van der Waals surface area contributed by atoms with Gasteiger partial charge in [-0.2, -0.15) is 0 Å². The van der Waals surface area contributed by atoms with E-state index in [1.807, 2.05) is 36.4 Å². The van der Waals surface area contributed by atoms with Gasteiger partial charge >= 0.3 is 0 Å². The molecule has 1 unspecified atom stereocenters. The fourth-order valence-corrected chi connectivity index (χ4v) is 4.06. The van der Waals surface area contributed by atoms with E-state index in [1.54, 1.807) is 12.1 Å². The number of hydrogen-bond donors (Lipinski definition) is 1. The van der Waals surface area contributed by atoms with Gasteiger partial charge in [0.15, 0.2) is 0 Å². The van der Waals surface area contributed by atoms with Crippen LogP contribution >= 0.6 is 0 Å². The van der Waals surface area contributed by atoms with E-state index in [0.717, 1.165) is 11.1 Å². The van der Waals surface area contributed by atoms with Gasteiger partial charge in [0.05, 0.1) is 39.6 Å². The van der Waals surface area contributed by atoms with Crippen LogP contribution in [0.4, 0.5) is 0 Å². The predicted molar refractivity (Wildman–Crippen MR) is 126 cm³/mol. The molecule has 1 saturated heterocycles. The highest BCUT2D eigenvalue weighted by molar-refractivity contribution is 6.05. The number of fused-ring (bicyclic) bond motifs is 1. The summed E-state index contributed by atoms with van der Waals surface area (Å²) in [5, 5.41) is 2.31. The van der Waals surface area contributed by atoms with Crippen LogP contribution in [0.25, 0.3) is 0 Å². The quantitative estimate of drug-likeness (QED) is 0.344. The Bertz CT molecular complexity index is 1030. The molecule has 1 N–H and O–H groups in total. The number of carbonyl (C=O) groups excluding carboxylic acids is 3. The number of nitrogens with zero attached hydrogens (tertiary/aromatic N) is 1. The minimum Gasteiger partial charge on any atom is -0.491 e. The van der Waals surface area contributed by atoms with E-state index in [9.17, 15) is 14.4 Å². The van der Waals surface area contributed by atoms with Crippen LogP contribution in [0.1, 0.15) is 34.3 Å². The first kappa shape index (κ1) is 24.8. The summed E-state index contributed by atoms with van der Waals surface area (Å²) in [6.45, 7) is 3.64. The highest BCUT2D eigenvalue weighted by Gasteiger charge is 2.39. The van der Waals surface area contributed by atoms with Crippen molar-refractivity contribution in [1.82, 2.24) is 10.2 Å². The van der Waals surface area contributed by atoms with Gasteiger partial charge in [-0.25, -0.2) is 0 Å². The van der Waals surface area contributed by atoms with Gasteiger partial charge in [0, 0.05) is 18.5 Å². The van der Waals surface area contributed by atoms with Crippen LogP contribution in [-0.4, -0.2) is 68.3 Å². The van der Waals surface area contributed by atoms with Crippen molar-refractivity contribution in [2.45, 2.75) is 32.0 Å². The number of amides is 3. The van der Waals surface area contributed by atoms with Crippen LogP contribution in [0.2, 0.25) is 0 Å². The van der Waals surface area contributed by atoms with Gasteiger partial charge in [-0.1, -0.05) is 30.3 Å². The van der Waals surface area contributed by atoms with E-state index >= 15 is 0 Å². The molecule has 9 heteroatoms. The van der Waals surface area contributed by atoms with Crippen molar-refractivity contribution in [2.75, 3.05) is 39.6 Å². The van der Waals surface area contributed by atoms with Crippen molar-refractivity contribution >= 4 is 17.7 Å². The standard InChI is InChI=1S/C26H30N2O7/c29-24-9-8-23(25(30)27-24)28-17-20-16-21(6-7-22(20)26(28)31)35-15-14-33-11-10-32-12-13-34-18-19-4-2-1-3-5-19/h1-7,16,23H,8-15,17-18H2,(H,27,29,30). The van der Waals surface area contributed by atoms with Gasteiger partial charge in [-0.05, 0) is 35.7 Å². The number of nitrogens with one attached hydrogen (secondary N) is 1. The second-order valence-electron chi connectivity index (χ2n) is 8.33. The second-order valence-corrected chi connectivity index (χ2v) is 8.33. The largest absolute Gasteiger partial charge is 0.491 e. The Hall–Kier alpha value is -3.27. The molecule has 2 heterocycles. The molecule has 0 bridgehead atoms. The Labute approximate surface area is 204 Å². The second kappa shape index (κ2) is 12.4. The van der Waals surface area contributed by atoms with E-state index in [0.29, 0.717) is 70.5 Å². The first-order valence-corrected chi connectivity index (χ1v) is 11.8. The summed E-state index contributed by atoms with van der Waals surface area (Å²) >= 11 is 0. The molecular formula is C26H30N2O7. The zero-order valence-corrected chi connectivity index (χ0v) is 19.6. The summed E-state index contributed by atoms with van der Waals surface area (Å²) in [4.78, 5) is 37.8. The number of benzene rings is 2. The van der Waals surface area contributed by atoms with Gasteiger partial charge in [0.25, 0.3) is 5.91 Å². The molecular weight excluding hydrogens is 452 g/mol. The molecule has 2 aromatic carbocycles. The lowest BCUT2D eigenvalue weighted by molar-refractivity contribution is -0.136. The average molecular weight is 483 g/mol. The Morgan fingerprint density at radius 3 is 2.31 bits per heavy atom. The molecule has 35 heavy (non-hydrogen) atoms. The van der Waals surface area contributed by atoms with Crippen molar-refractivity contribution in [3.63, 3.8) is 0 Å². The van der Waals surface area contributed by atoms with Crippen LogP contribution in [0.5, 0.6) is 5.75 Å². The fraction of sp³-hybridized carbons (Fsp3) is 0.423. The lowest BCUT2D eigenvalue weighted by Gasteiger charge is -2.29. The van der Waals surface area contributed by atoms with Crippen molar-refractivity contribution in [1.29, 1.82) is 0 Å². The molecule has 2 aliphatic rings. The summed E-state index contributed by atoms with van der Waals surface area (Å²) in [6, 6.07) is 14.6. The first-order valence-electron chi connectivity index (χ1n) is 11.8. The predicted octanol–water partition coefficient (Wildman–Crippen LogP) is 2.08. The maximum atomic E-state index is 12.7. The van der Waals surface area contributed by atoms with E-state index in [1.165, 1.54) is 4.90 Å². The summed E-state index contributed by atoms with van der Waals surface area (Å²) in [7, 11) is 0. The smallest absolute Gasteiger partial charge is 0.255 e. The summed E-state index contributed by atoms with van der Waals surface area (Å²) in [5.41, 5.74) is 2.50. The monoisotopic (exact) mass is 482 g/mol. The number of rotatable bonds is 13. The number of carbonyl (C=O) groups is 3. The Morgan fingerprint density at radius 1 is 0.857 bits per heavy atom. The maximum absolute atomic E-state index is 12.7. The van der Waals surface area contributed by atoms with Gasteiger partial charge in [0.2, 0.25) is 11.8 Å². The third-order valence-electron chi connectivity index (χ3n) is 5.85. The molecule has 9 nitrogen and oxygen atoms in total. The van der Waals surface area contributed by atoms with Crippen molar-refractivity contribution in [3.05, 3.63) is 65.2 Å². The molecule has 0 aromatic heterocycles. The van der Waals surface area contributed by atoms with E-state index in [-0.39, 0.29) is 18.2 Å². The number of ether oxygens (including phenoxy) is 4. The van der Waals surface area contributed by atoms with Crippen LogP contribution in [0.15, 0.2) is 48.5 Å². The van der Waals surface area contributed by atoms with E-state index < -0.39 is 11.9 Å². The summed E-state index contributed by atoms with van der Waals surface area (Å²) in [6.07, 6.45) is 0.577. The first-order chi connectivity index (χ1) is 17.1. The SMILES string of the molecule is O=C1CCC(N2Cc3cc(OCCOCCOCCOCc4ccccc4)ccc3C2=O)C(=O)N1. The molecule has 0 radical (unpaired) electrons. The van der Waals surface area contributed by atoms with Crippen LogP contribution in [0, 0.1) is 0 Å². The lowest BCUT2D eigenvalue weighted by atomic mass is 10.0. The summed E-state index contributed by atoms with van der Waals surface area (Å²) < 4.78 is 22.3. The molecule has 2 aliphatic heterocycles. The van der Waals surface area contributed by atoms with Crippen LogP contribution in [-0.2, 0) is 37.0 Å². The Morgan fingerprint density at radius 2 is 1.57 bits per heavy atom. The molecule has 0 saturated carbocycles. The fourth-order valence-electron chi connectivity index (χ4n) is 4.06. The molecule has 1 atom stereocenters. The molecule has 0 spiro atoms. The van der Waals surface area contributed by atoms with E-state index in [4.69, 9.17) is 18.9 Å². The van der Waals surface area contributed by atoms with Gasteiger partial charge < -0.3 is 23.8 Å². The minimum absolute atomic E-state index is 0.199. The molecule has 3 amide bonds. The van der Waals surface area contributed by atoms with Gasteiger partial charge in [-0.3, -0.25) is 19.7 Å². The topological polar surface area (TPSA) is 103 Å². The zero-order valence-electron chi connectivity index (χ0n) is 19.6. The number of imide groups is 1. The van der Waals surface area contributed by atoms with Crippen molar-refractivity contribution in [2.24, 2.45) is 0 Å². The number of hydrogen-bond acceptors (Lipinski definition) is 7. The highest BCUT2D eigenvalue weighted by Crippen LogP contribution is 2.30. The van der Waals surface area contributed by atoms with Gasteiger partial charge in [-0.15, -0.1) is 0 Å². The lowest BCUT2D eigenvalue weighted by Crippen LogP contribution is -2.52. The third kappa shape index (κ3) is 6.88. The number of piperidine rings is 1. The summed E-state index contributed by atoms with van der Waals surface area (Å²) in [5.74, 6) is -0.278. The molecule has 0 aliphatic carbocycles. The normalized spacial score (nSPS) is 17.4. The Kier molecular flexibility index (Phi) is 8.83. The van der Waals surface area contributed by atoms with Crippen LogP contribution < -0.4 is 10.1 Å². The van der Waals surface area contributed by atoms with Crippen LogP contribution in [0.3, 0.4) is 0 Å². The van der Waals surface area contributed by atoms with Gasteiger partial charge in [0.1, 0.15) is 18.4 Å².